The Morgan fingerprint density at radius 2 is 2.15 bits per heavy atom. The number of ether oxygens (including phenoxy) is 2. The van der Waals surface area contributed by atoms with Crippen molar-refractivity contribution in [2.75, 3.05) is 6.54 Å². The molecule has 0 N–H and O–H groups in total. The smallest absolute Gasteiger partial charge is 0.334 e. The fourth-order valence-electron chi connectivity index (χ4n) is 1.12. The average Bonchev–Trinajstić information content (AvgIpc) is 2.31. The molecule has 13 heavy (non-hydrogen) atoms. The van der Waals surface area contributed by atoms with E-state index in [0.717, 1.165) is 0 Å². The molecule has 0 fully saturated rings. The molecule has 1 aliphatic rings. The van der Waals surface area contributed by atoms with E-state index in [2.05, 4.69) is 4.99 Å². The molecule has 1 heterocycles. The molecular weight excluding hydrogens is 170 g/mol. The van der Waals surface area contributed by atoms with Crippen LogP contribution < -0.4 is 0 Å². The van der Waals surface area contributed by atoms with E-state index in [1.165, 1.54) is 0 Å². The maximum atomic E-state index is 10.7. The van der Waals surface area contributed by atoms with Gasteiger partial charge in [-0.15, -0.1) is 0 Å². The number of carbonyl (C=O) groups is 1. The van der Waals surface area contributed by atoms with Crippen molar-refractivity contribution < 1.29 is 14.3 Å². The van der Waals surface area contributed by atoms with Crippen LogP contribution in [0.1, 0.15) is 27.7 Å². The standard InChI is InChI=1S/C9H15NO3/c1-6(13-9(2,3)4)8-10-5-7(11)12-8/h6H,5H2,1-4H3. The predicted molar refractivity (Wildman–Crippen MR) is 48.7 cm³/mol. The number of hydrogen-bond donors (Lipinski definition) is 0. The monoisotopic (exact) mass is 185 g/mol. The third-order valence-corrected chi connectivity index (χ3v) is 1.46. The Morgan fingerprint density at radius 1 is 1.54 bits per heavy atom. The van der Waals surface area contributed by atoms with E-state index in [0.29, 0.717) is 5.90 Å². The minimum Gasteiger partial charge on any atom is -0.408 e. The average molecular weight is 185 g/mol. The topological polar surface area (TPSA) is 47.9 Å². The summed E-state index contributed by atoms with van der Waals surface area (Å²) in [5.41, 5.74) is -0.253. The Hall–Kier alpha value is -0.900. The molecule has 0 saturated heterocycles. The number of hydrogen-bond acceptors (Lipinski definition) is 4. The Morgan fingerprint density at radius 3 is 2.54 bits per heavy atom. The summed E-state index contributed by atoms with van der Waals surface area (Å²) in [6.45, 7) is 7.78. The van der Waals surface area contributed by atoms with Crippen LogP contribution in [0.4, 0.5) is 0 Å². The normalized spacial score (nSPS) is 19.7. The summed E-state index contributed by atoms with van der Waals surface area (Å²) in [5.74, 6) is 0.0827. The highest BCUT2D eigenvalue weighted by atomic mass is 16.6. The summed E-state index contributed by atoms with van der Waals surface area (Å²) < 4.78 is 10.4. The van der Waals surface area contributed by atoms with Gasteiger partial charge in [-0.25, -0.2) is 9.79 Å². The molecule has 0 aromatic carbocycles. The lowest BCUT2D eigenvalue weighted by Crippen LogP contribution is -2.31. The highest BCUT2D eigenvalue weighted by molar-refractivity contribution is 5.97. The molecule has 0 amide bonds. The summed E-state index contributed by atoms with van der Waals surface area (Å²) in [5, 5.41) is 0. The van der Waals surface area contributed by atoms with Crippen molar-refractivity contribution in [3.8, 4) is 0 Å². The van der Waals surface area contributed by atoms with Crippen LogP contribution in [-0.4, -0.2) is 30.1 Å². The highest BCUT2D eigenvalue weighted by Gasteiger charge is 2.26. The van der Waals surface area contributed by atoms with Gasteiger partial charge in [0.25, 0.3) is 0 Å². The van der Waals surface area contributed by atoms with E-state index in [9.17, 15) is 4.79 Å². The molecular formula is C9H15NO3. The quantitative estimate of drug-likeness (QED) is 0.606. The van der Waals surface area contributed by atoms with Gasteiger partial charge in [-0.2, -0.15) is 0 Å². The van der Waals surface area contributed by atoms with Crippen molar-refractivity contribution in [1.82, 2.24) is 0 Å². The summed E-state index contributed by atoms with van der Waals surface area (Å²) in [6.07, 6.45) is -0.258. The third kappa shape index (κ3) is 3.14. The van der Waals surface area contributed by atoms with E-state index < -0.39 is 0 Å². The number of aliphatic imine (C=N–C) groups is 1. The Labute approximate surface area is 77.9 Å². The first-order chi connectivity index (χ1) is 5.88. The zero-order valence-corrected chi connectivity index (χ0v) is 8.46. The van der Waals surface area contributed by atoms with Gasteiger partial charge in [-0.05, 0) is 27.7 Å². The van der Waals surface area contributed by atoms with Crippen molar-refractivity contribution >= 4 is 11.9 Å². The van der Waals surface area contributed by atoms with Gasteiger partial charge in [0.2, 0.25) is 5.90 Å². The van der Waals surface area contributed by atoms with E-state index in [1.54, 1.807) is 0 Å². The van der Waals surface area contributed by atoms with Crippen molar-refractivity contribution in [3.63, 3.8) is 0 Å². The van der Waals surface area contributed by atoms with E-state index in [1.807, 2.05) is 27.7 Å². The molecule has 0 aromatic rings. The van der Waals surface area contributed by atoms with Crippen molar-refractivity contribution in [2.45, 2.75) is 39.4 Å². The lowest BCUT2D eigenvalue weighted by Gasteiger charge is -2.24. The Bertz CT molecular complexity index is 240. The molecule has 74 valence electrons. The van der Waals surface area contributed by atoms with Crippen molar-refractivity contribution in [3.05, 3.63) is 0 Å². The van der Waals surface area contributed by atoms with Gasteiger partial charge in [-0.1, -0.05) is 0 Å². The maximum absolute atomic E-state index is 10.7. The predicted octanol–water partition coefficient (Wildman–Crippen LogP) is 1.15. The fraction of sp³-hybridized carbons (Fsp3) is 0.778. The summed E-state index contributed by atoms with van der Waals surface area (Å²) >= 11 is 0. The molecule has 0 spiro atoms. The van der Waals surface area contributed by atoms with Crippen LogP contribution >= 0.6 is 0 Å². The Balaban J connectivity index is 2.49. The number of nitrogens with zero attached hydrogens (tertiary/aromatic N) is 1. The molecule has 0 radical (unpaired) electrons. The molecule has 0 bridgehead atoms. The van der Waals surface area contributed by atoms with E-state index in [4.69, 9.17) is 9.47 Å². The molecule has 4 nitrogen and oxygen atoms in total. The molecule has 1 unspecified atom stereocenters. The van der Waals surface area contributed by atoms with Crippen LogP contribution in [0.15, 0.2) is 4.99 Å². The van der Waals surface area contributed by atoms with Crippen LogP contribution in [0.2, 0.25) is 0 Å². The number of rotatable bonds is 2. The second kappa shape index (κ2) is 3.46. The number of esters is 1. The van der Waals surface area contributed by atoms with E-state index >= 15 is 0 Å². The molecule has 1 atom stereocenters. The first-order valence-electron chi connectivity index (χ1n) is 4.31. The first kappa shape index (κ1) is 10.2. The second-order valence-corrected chi connectivity index (χ2v) is 4.00. The largest absolute Gasteiger partial charge is 0.408 e. The zero-order chi connectivity index (χ0) is 10.1. The van der Waals surface area contributed by atoms with Crippen LogP contribution in [-0.2, 0) is 14.3 Å². The lowest BCUT2D eigenvalue weighted by atomic mass is 10.2. The van der Waals surface area contributed by atoms with Crippen molar-refractivity contribution in [1.29, 1.82) is 0 Å². The molecule has 4 heteroatoms. The van der Waals surface area contributed by atoms with Gasteiger partial charge in [0.1, 0.15) is 12.6 Å². The minimum absolute atomic E-state index is 0.118. The molecule has 0 saturated carbocycles. The van der Waals surface area contributed by atoms with Gasteiger partial charge < -0.3 is 9.47 Å². The maximum Gasteiger partial charge on any atom is 0.334 e. The highest BCUT2D eigenvalue weighted by Crippen LogP contribution is 2.13. The van der Waals surface area contributed by atoms with Crippen LogP contribution in [0.3, 0.4) is 0 Å². The van der Waals surface area contributed by atoms with E-state index in [-0.39, 0.29) is 24.2 Å². The van der Waals surface area contributed by atoms with Crippen LogP contribution in [0.5, 0.6) is 0 Å². The van der Waals surface area contributed by atoms with Gasteiger partial charge in [-0.3, -0.25) is 0 Å². The third-order valence-electron chi connectivity index (χ3n) is 1.46. The SMILES string of the molecule is CC(OC(C)(C)C)C1=NCC(=O)O1. The molecule has 0 aliphatic carbocycles. The van der Waals surface area contributed by atoms with Gasteiger partial charge in [0.15, 0.2) is 0 Å². The fourth-order valence-corrected chi connectivity index (χ4v) is 1.12. The molecule has 0 aromatic heterocycles. The van der Waals surface area contributed by atoms with Crippen LogP contribution in [0, 0.1) is 0 Å². The summed E-state index contributed by atoms with van der Waals surface area (Å²) in [4.78, 5) is 14.7. The zero-order valence-electron chi connectivity index (χ0n) is 8.46. The molecule has 1 aliphatic heterocycles. The Kier molecular flexibility index (Phi) is 2.71. The lowest BCUT2D eigenvalue weighted by molar-refractivity contribution is -0.133. The van der Waals surface area contributed by atoms with Crippen LogP contribution in [0.25, 0.3) is 0 Å². The number of cyclic esters (lactones) is 1. The summed E-state index contributed by atoms with van der Waals surface area (Å²) in [7, 11) is 0. The summed E-state index contributed by atoms with van der Waals surface area (Å²) in [6, 6.07) is 0. The number of carbonyl (C=O) groups excluding carboxylic acids is 1. The minimum atomic E-state index is -0.306. The van der Waals surface area contributed by atoms with Gasteiger partial charge >= 0.3 is 5.97 Å². The van der Waals surface area contributed by atoms with Gasteiger partial charge in [0.05, 0.1) is 5.60 Å². The van der Waals surface area contributed by atoms with Gasteiger partial charge in [0, 0.05) is 0 Å². The molecule has 1 rings (SSSR count). The second-order valence-electron chi connectivity index (χ2n) is 4.00. The van der Waals surface area contributed by atoms with Crippen molar-refractivity contribution in [2.24, 2.45) is 4.99 Å². The first-order valence-corrected chi connectivity index (χ1v) is 4.31.